The maximum atomic E-state index is 11.7. The van der Waals surface area contributed by atoms with Crippen molar-refractivity contribution in [2.75, 3.05) is 13.2 Å². The molecule has 0 aromatic rings. The molecule has 1 aliphatic rings. The molecule has 0 spiro atoms. The normalized spacial score (nSPS) is 29.2. The van der Waals surface area contributed by atoms with Crippen molar-refractivity contribution in [3.63, 3.8) is 0 Å². The number of rotatable bonds is 3. The molecule has 3 N–H and O–H groups in total. The Labute approximate surface area is 85.2 Å². The fourth-order valence-electron chi connectivity index (χ4n) is 1.45. The van der Waals surface area contributed by atoms with E-state index in [-0.39, 0.29) is 17.4 Å². The number of ether oxygens (including phenoxy) is 1. The van der Waals surface area contributed by atoms with Gasteiger partial charge >= 0.3 is 0 Å². The summed E-state index contributed by atoms with van der Waals surface area (Å²) in [6.45, 7) is 7.18. The molecule has 2 atom stereocenters. The fourth-order valence-corrected chi connectivity index (χ4v) is 1.45. The van der Waals surface area contributed by atoms with Gasteiger partial charge in [-0.2, -0.15) is 0 Å². The minimum Gasteiger partial charge on any atom is -0.379 e. The molecule has 1 aliphatic heterocycles. The summed E-state index contributed by atoms with van der Waals surface area (Å²) in [7, 11) is 0. The van der Waals surface area contributed by atoms with E-state index < -0.39 is 6.04 Å². The van der Waals surface area contributed by atoms with Crippen molar-refractivity contribution in [3.8, 4) is 0 Å². The summed E-state index contributed by atoms with van der Waals surface area (Å²) in [5.74, 6) is 0.0916. The maximum Gasteiger partial charge on any atom is 0.237 e. The highest BCUT2D eigenvalue weighted by molar-refractivity contribution is 5.82. The standard InChI is InChI=1S/C10H20N2O2/c1-7(2)8(11)9(13)12-10(3)4-5-14-6-10/h7-8H,4-6,11H2,1-3H3,(H,12,13)/t8-,10?/m1/s1. The zero-order chi connectivity index (χ0) is 10.8. The van der Waals surface area contributed by atoms with Gasteiger partial charge in [0.05, 0.1) is 18.2 Å². The third-order valence-corrected chi connectivity index (χ3v) is 2.66. The van der Waals surface area contributed by atoms with E-state index in [1.54, 1.807) is 0 Å². The van der Waals surface area contributed by atoms with Crippen LogP contribution in [0.15, 0.2) is 0 Å². The van der Waals surface area contributed by atoms with Gasteiger partial charge in [0.2, 0.25) is 5.91 Å². The Hall–Kier alpha value is -0.610. The first kappa shape index (κ1) is 11.5. The highest BCUT2D eigenvalue weighted by Gasteiger charge is 2.33. The van der Waals surface area contributed by atoms with Gasteiger partial charge in [0.25, 0.3) is 0 Å². The van der Waals surface area contributed by atoms with Crippen LogP contribution in [0.25, 0.3) is 0 Å². The Bertz CT molecular complexity index is 210. The van der Waals surface area contributed by atoms with Crippen LogP contribution in [-0.4, -0.2) is 30.7 Å². The van der Waals surface area contributed by atoms with Crippen molar-refractivity contribution in [2.24, 2.45) is 11.7 Å². The van der Waals surface area contributed by atoms with E-state index >= 15 is 0 Å². The summed E-state index contributed by atoms with van der Waals surface area (Å²) >= 11 is 0. The zero-order valence-corrected chi connectivity index (χ0v) is 9.17. The summed E-state index contributed by atoms with van der Waals surface area (Å²) in [6, 6.07) is -0.424. The summed E-state index contributed by atoms with van der Waals surface area (Å²) in [4.78, 5) is 11.7. The number of hydrogen-bond donors (Lipinski definition) is 2. The molecule has 0 bridgehead atoms. The highest BCUT2D eigenvalue weighted by Crippen LogP contribution is 2.17. The second-order valence-corrected chi connectivity index (χ2v) is 4.62. The molecule has 0 radical (unpaired) electrons. The van der Waals surface area contributed by atoms with Crippen molar-refractivity contribution in [2.45, 2.75) is 38.8 Å². The maximum absolute atomic E-state index is 11.7. The van der Waals surface area contributed by atoms with E-state index in [0.717, 1.165) is 6.42 Å². The lowest BCUT2D eigenvalue weighted by molar-refractivity contribution is -0.125. The summed E-state index contributed by atoms with van der Waals surface area (Å²) in [5.41, 5.74) is 5.53. The molecular weight excluding hydrogens is 180 g/mol. The molecule has 0 saturated carbocycles. The number of carbonyl (C=O) groups excluding carboxylic acids is 1. The van der Waals surface area contributed by atoms with Crippen LogP contribution in [0.5, 0.6) is 0 Å². The van der Waals surface area contributed by atoms with Crippen LogP contribution < -0.4 is 11.1 Å². The Morgan fingerprint density at radius 2 is 2.21 bits per heavy atom. The van der Waals surface area contributed by atoms with Gasteiger partial charge in [0, 0.05) is 6.61 Å². The molecule has 1 saturated heterocycles. The van der Waals surface area contributed by atoms with Crippen LogP contribution in [0.3, 0.4) is 0 Å². The van der Waals surface area contributed by atoms with Gasteiger partial charge < -0.3 is 15.8 Å². The van der Waals surface area contributed by atoms with Crippen molar-refractivity contribution < 1.29 is 9.53 Å². The number of nitrogens with one attached hydrogen (secondary N) is 1. The fraction of sp³-hybridized carbons (Fsp3) is 0.900. The first-order valence-corrected chi connectivity index (χ1v) is 5.10. The van der Waals surface area contributed by atoms with E-state index in [0.29, 0.717) is 13.2 Å². The summed E-state index contributed by atoms with van der Waals surface area (Å²) < 4.78 is 5.25. The molecule has 14 heavy (non-hydrogen) atoms. The van der Waals surface area contributed by atoms with E-state index in [1.165, 1.54) is 0 Å². The number of carbonyl (C=O) groups is 1. The highest BCUT2D eigenvalue weighted by atomic mass is 16.5. The van der Waals surface area contributed by atoms with E-state index in [1.807, 2.05) is 20.8 Å². The van der Waals surface area contributed by atoms with Crippen molar-refractivity contribution in [3.05, 3.63) is 0 Å². The Morgan fingerprint density at radius 3 is 2.64 bits per heavy atom. The smallest absolute Gasteiger partial charge is 0.237 e. The zero-order valence-electron chi connectivity index (χ0n) is 9.17. The second-order valence-electron chi connectivity index (χ2n) is 4.62. The van der Waals surface area contributed by atoms with Crippen LogP contribution >= 0.6 is 0 Å². The van der Waals surface area contributed by atoms with Crippen LogP contribution in [0.1, 0.15) is 27.2 Å². The van der Waals surface area contributed by atoms with E-state index in [2.05, 4.69) is 5.32 Å². The molecule has 1 fully saturated rings. The van der Waals surface area contributed by atoms with Crippen LogP contribution in [-0.2, 0) is 9.53 Å². The van der Waals surface area contributed by atoms with Crippen LogP contribution in [0, 0.1) is 5.92 Å². The molecule has 4 heteroatoms. The van der Waals surface area contributed by atoms with Gasteiger partial charge in [-0.05, 0) is 19.3 Å². The van der Waals surface area contributed by atoms with Gasteiger partial charge in [0.15, 0.2) is 0 Å². The Balaban J connectivity index is 2.47. The molecule has 0 aromatic heterocycles. The Kier molecular flexibility index (Phi) is 3.50. The number of hydrogen-bond acceptors (Lipinski definition) is 3. The van der Waals surface area contributed by atoms with Gasteiger partial charge in [-0.25, -0.2) is 0 Å². The molecule has 4 nitrogen and oxygen atoms in total. The molecule has 0 aliphatic carbocycles. The average molecular weight is 200 g/mol. The Morgan fingerprint density at radius 1 is 1.57 bits per heavy atom. The third kappa shape index (κ3) is 2.69. The first-order chi connectivity index (χ1) is 6.44. The van der Waals surface area contributed by atoms with E-state index in [4.69, 9.17) is 10.5 Å². The predicted octanol–water partition coefficient (Wildman–Crippen LogP) is 0.265. The molecule has 1 amide bonds. The molecule has 1 unspecified atom stereocenters. The minimum absolute atomic E-state index is 0.0759. The molecule has 1 rings (SSSR count). The summed E-state index contributed by atoms with van der Waals surface area (Å²) in [5, 5.41) is 2.95. The first-order valence-electron chi connectivity index (χ1n) is 5.10. The van der Waals surface area contributed by atoms with Crippen molar-refractivity contribution in [1.29, 1.82) is 0 Å². The SMILES string of the molecule is CC(C)[C@@H](N)C(=O)NC1(C)CCOC1. The lowest BCUT2D eigenvalue weighted by Crippen LogP contribution is -2.53. The topological polar surface area (TPSA) is 64.4 Å². The quantitative estimate of drug-likeness (QED) is 0.687. The molecule has 0 aromatic carbocycles. The van der Waals surface area contributed by atoms with Gasteiger partial charge in [-0.15, -0.1) is 0 Å². The van der Waals surface area contributed by atoms with Gasteiger partial charge in [-0.3, -0.25) is 4.79 Å². The van der Waals surface area contributed by atoms with Crippen LogP contribution in [0.4, 0.5) is 0 Å². The molecule has 82 valence electrons. The van der Waals surface area contributed by atoms with Crippen molar-refractivity contribution >= 4 is 5.91 Å². The minimum atomic E-state index is -0.424. The average Bonchev–Trinajstić information content (AvgIpc) is 2.50. The summed E-state index contributed by atoms with van der Waals surface area (Å²) in [6.07, 6.45) is 0.865. The monoisotopic (exact) mass is 200 g/mol. The van der Waals surface area contributed by atoms with Gasteiger partial charge in [0.1, 0.15) is 0 Å². The lowest BCUT2D eigenvalue weighted by Gasteiger charge is -2.26. The third-order valence-electron chi connectivity index (χ3n) is 2.66. The number of amides is 1. The largest absolute Gasteiger partial charge is 0.379 e. The predicted molar refractivity (Wildman–Crippen MR) is 54.8 cm³/mol. The second kappa shape index (κ2) is 4.28. The molecular formula is C10H20N2O2. The lowest BCUT2D eigenvalue weighted by atomic mass is 9.99. The number of nitrogens with two attached hydrogens (primary N) is 1. The molecule has 1 heterocycles. The van der Waals surface area contributed by atoms with E-state index in [9.17, 15) is 4.79 Å². The van der Waals surface area contributed by atoms with Crippen molar-refractivity contribution in [1.82, 2.24) is 5.32 Å². The van der Waals surface area contributed by atoms with Crippen LogP contribution in [0.2, 0.25) is 0 Å². The van der Waals surface area contributed by atoms with Gasteiger partial charge in [-0.1, -0.05) is 13.8 Å².